The lowest BCUT2D eigenvalue weighted by Gasteiger charge is -2.29. The molecule has 0 saturated carbocycles. The normalized spacial score (nSPS) is 14.3. The van der Waals surface area contributed by atoms with Crippen LogP contribution in [0.2, 0.25) is 0 Å². The Bertz CT molecular complexity index is 282. The summed E-state index contributed by atoms with van der Waals surface area (Å²) < 4.78 is 0. The van der Waals surface area contributed by atoms with Crippen molar-refractivity contribution in [3.8, 4) is 0 Å². The van der Waals surface area contributed by atoms with E-state index < -0.39 is 0 Å². The Labute approximate surface area is 95.9 Å². The Morgan fingerprint density at radius 1 is 1.07 bits per heavy atom. The van der Waals surface area contributed by atoms with Crippen molar-refractivity contribution in [3.05, 3.63) is 35.9 Å². The van der Waals surface area contributed by atoms with E-state index in [9.17, 15) is 0 Å². The van der Waals surface area contributed by atoms with E-state index in [2.05, 4.69) is 64.4 Å². The Kier molecular flexibility index (Phi) is 4.34. The molecule has 0 amide bonds. The second-order valence-corrected chi connectivity index (χ2v) is 8.21. The average Bonchev–Trinajstić information content (AvgIpc) is 2.14. The summed E-state index contributed by atoms with van der Waals surface area (Å²) in [5, 5.41) is 0. The third-order valence-corrected chi connectivity index (χ3v) is 4.34. The molecule has 1 rings (SSSR count). The molecule has 0 fully saturated rings. The first-order valence-electron chi connectivity index (χ1n) is 5.61. The molecular weight excluding hydrogens is 199 g/mol. The SMILES string of the molecule is CP(C)C(CC(C)(C)C)c1ccccc1. The van der Waals surface area contributed by atoms with Crippen LogP contribution < -0.4 is 0 Å². The largest absolute Gasteiger partial charge is 0.105 e. The molecule has 1 aromatic rings. The van der Waals surface area contributed by atoms with Crippen molar-refractivity contribution < 1.29 is 0 Å². The van der Waals surface area contributed by atoms with Gasteiger partial charge in [0.05, 0.1) is 0 Å². The fourth-order valence-electron chi connectivity index (χ4n) is 1.85. The fourth-order valence-corrected chi connectivity index (χ4v) is 3.54. The molecule has 0 nitrogen and oxygen atoms in total. The highest BCUT2D eigenvalue weighted by Gasteiger charge is 2.22. The molecule has 0 aliphatic rings. The number of benzene rings is 1. The molecule has 0 aliphatic carbocycles. The maximum atomic E-state index is 2.39. The van der Waals surface area contributed by atoms with Crippen LogP contribution in [-0.4, -0.2) is 13.3 Å². The van der Waals surface area contributed by atoms with Crippen molar-refractivity contribution >= 4 is 7.92 Å². The fraction of sp³-hybridized carbons (Fsp3) is 0.571. The summed E-state index contributed by atoms with van der Waals surface area (Å²) in [7, 11) is 0.0955. The third kappa shape index (κ3) is 4.34. The molecule has 1 aromatic carbocycles. The smallest absolute Gasteiger partial charge is 0.00418 e. The van der Waals surface area contributed by atoms with E-state index in [0.29, 0.717) is 5.41 Å². The first-order valence-corrected chi connectivity index (χ1v) is 7.92. The lowest BCUT2D eigenvalue weighted by atomic mass is 9.88. The molecule has 0 aromatic heterocycles. The highest BCUT2D eigenvalue weighted by molar-refractivity contribution is 7.56. The summed E-state index contributed by atoms with van der Waals surface area (Å²) in [6.07, 6.45) is 1.29. The molecule has 0 N–H and O–H groups in total. The van der Waals surface area contributed by atoms with Crippen LogP contribution in [0.3, 0.4) is 0 Å². The van der Waals surface area contributed by atoms with Gasteiger partial charge in [0.1, 0.15) is 0 Å². The van der Waals surface area contributed by atoms with E-state index in [-0.39, 0.29) is 7.92 Å². The summed E-state index contributed by atoms with van der Waals surface area (Å²) in [5.74, 6) is 0. The molecule has 1 heteroatoms. The van der Waals surface area contributed by atoms with Crippen molar-refractivity contribution in [1.82, 2.24) is 0 Å². The first kappa shape index (κ1) is 12.7. The second kappa shape index (κ2) is 5.12. The molecule has 0 saturated heterocycles. The van der Waals surface area contributed by atoms with Gasteiger partial charge >= 0.3 is 0 Å². The van der Waals surface area contributed by atoms with Gasteiger partial charge in [0.25, 0.3) is 0 Å². The third-order valence-electron chi connectivity index (χ3n) is 2.61. The van der Waals surface area contributed by atoms with Crippen molar-refractivity contribution in [2.24, 2.45) is 5.41 Å². The zero-order chi connectivity index (χ0) is 11.5. The summed E-state index contributed by atoms with van der Waals surface area (Å²) in [5.41, 5.74) is 2.69. The van der Waals surface area contributed by atoms with E-state index in [1.165, 1.54) is 12.0 Å². The van der Waals surface area contributed by atoms with Crippen LogP contribution >= 0.6 is 7.92 Å². The number of hydrogen-bond acceptors (Lipinski definition) is 0. The highest BCUT2D eigenvalue weighted by Crippen LogP contribution is 2.50. The second-order valence-electron chi connectivity index (χ2n) is 5.65. The minimum atomic E-state index is 0.0955. The lowest BCUT2D eigenvalue weighted by molar-refractivity contribution is 0.373. The van der Waals surface area contributed by atoms with Gasteiger partial charge < -0.3 is 0 Å². The van der Waals surface area contributed by atoms with E-state index in [0.717, 1.165) is 5.66 Å². The quantitative estimate of drug-likeness (QED) is 0.638. The predicted molar refractivity (Wildman–Crippen MR) is 72.0 cm³/mol. The Hall–Kier alpha value is -0.350. The zero-order valence-corrected chi connectivity index (χ0v) is 11.5. The van der Waals surface area contributed by atoms with Gasteiger partial charge in [-0.15, -0.1) is 7.92 Å². The monoisotopic (exact) mass is 222 g/mol. The van der Waals surface area contributed by atoms with Crippen LogP contribution in [0, 0.1) is 5.41 Å². The maximum absolute atomic E-state index is 2.39. The molecule has 0 bridgehead atoms. The van der Waals surface area contributed by atoms with E-state index in [1.54, 1.807) is 0 Å². The van der Waals surface area contributed by atoms with E-state index >= 15 is 0 Å². The van der Waals surface area contributed by atoms with Gasteiger partial charge in [-0.2, -0.15) is 0 Å². The number of rotatable bonds is 3. The molecule has 1 atom stereocenters. The van der Waals surface area contributed by atoms with Gasteiger partial charge in [0.15, 0.2) is 0 Å². The molecule has 15 heavy (non-hydrogen) atoms. The molecule has 0 radical (unpaired) electrons. The maximum Gasteiger partial charge on any atom is 0.00418 e. The van der Waals surface area contributed by atoms with Gasteiger partial charge in [0.2, 0.25) is 0 Å². The molecule has 1 unspecified atom stereocenters. The topological polar surface area (TPSA) is 0 Å². The lowest BCUT2D eigenvalue weighted by Crippen LogP contribution is -2.10. The van der Waals surface area contributed by atoms with E-state index in [1.807, 2.05) is 0 Å². The summed E-state index contributed by atoms with van der Waals surface area (Å²) >= 11 is 0. The molecule has 0 heterocycles. The average molecular weight is 222 g/mol. The minimum Gasteiger partial charge on any atom is -0.105 e. The Morgan fingerprint density at radius 3 is 2.00 bits per heavy atom. The highest BCUT2D eigenvalue weighted by atomic mass is 31.1. The van der Waals surface area contributed by atoms with Crippen LogP contribution in [0.15, 0.2) is 30.3 Å². The summed E-state index contributed by atoms with van der Waals surface area (Å²) in [6, 6.07) is 11.0. The zero-order valence-electron chi connectivity index (χ0n) is 10.6. The van der Waals surface area contributed by atoms with Crippen LogP contribution in [0.1, 0.15) is 38.4 Å². The van der Waals surface area contributed by atoms with Crippen LogP contribution in [-0.2, 0) is 0 Å². The summed E-state index contributed by atoms with van der Waals surface area (Å²) in [6.45, 7) is 11.8. The molecule has 0 spiro atoms. The van der Waals surface area contributed by atoms with Gasteiger partial charge in [-0.1, -0.05) is 51.1 Å². The Morgan fingerprint density at radius 2 is 1.60 bits per heavy atom. The van der Waals surface area contributed by atoms with Crippen LogP contribution in [0.4, 0.5) is 0 Å². The molecule has 84 valence electrons. The van der Waals surface area contributed by atoms with Gasteiger partial charge in [0, 0.05) is 5.66 Å². The molecular formula is C14H23P. The number of hydrogen-bond donors (Lipinski definition) is 0. The van der Waals surface area contributed by atoms with Gasteiger partial charge in [-0.3, -0.25) is 0 Å². The van der Waals surface area contributed by atoms with Gasteiger partial charge in [-0.05, 0) is 30.7 Å². The van der Waals surface area contributed by atoms with Gasteiger partial charge in [-0.25, -0.2) is 0 Å². The van der Waals surface area contributed by atoms with Crippen molar-refractivity contribution in [3.63, 3.8) is 0 Å². The Balaban J connectivity index is 2.85. The predicted octanol–water partition coefficient (Wildman–Crippen LogP) is 4.91. The standard InChI is InChI=1S/C14H23P/c1-14(2,3)11-13(15(4)5)12-9-7-6-8-10-12/h6-10,13H,11H2,1-5H3. The van der Waals surface area contributed by atoms with E-state index in [4.69, 9.17) is 0 Å². The van der Waals surface area contributed by atoms with Crippen LogP contribution in [0.25, 0.3) is 0 Å². The first-order chi connectivity index (χ1) is 6.90. The van der Waals surface area contributed by atoms with Crippen molar-refractivity contribution in [2.75, 3.05) is 13.3 Å². The van der Waals surface area contributed by atoms with Crippen molar-refractivity contribution in [2.45, 2.75) is 32.9 Å². The van der Waals surface area contributed by atoms with Crippen molar-refractivity contribution in [1.29, 1.82) is 0 Å². The van der Waals surface area contributed by atoms with Crippen LogP contribution in [0.5, 0.6) is 0 Å². The minimum absolute atomic E-state index is 0.0955. The molecule has 0 aliphatic heterocycles. The summed E-state index contributed by atoms with van der Waals surface area (Å²) in [4.78, 5) is 0.